The molecule has 1 fully saturated rings. The molecule has 1 atom stereocenters. The van der Waals surface area contributed by atoms with E-state index in [-0.39, 0.29) is 30.6 Å². The van der Waals surface area contributed by atoms with Crippen molar-refractivity contribution in [1.29, 1.82) is 0 Å². The second-order valence-corrected chi connectivity index (χ2v) is 10.4. The van der Waals surface area contributed by atoms with Crippen LogP contribution in [-0.4, -0.2) is 50.3 Å². The number of rotatable bonds is 9. The molecule has 39 heavy (non-hydrogen) atoms. The van der Waals surface area contributed by atoms with Crippen molar-refractivity contribution in [2.24, 2.45) is 12.8 Å². The van der Waals surface area contributed by atoms with Crippen LogP contribution in [0.2, 0.25) is 5.02 Å². The van der Waals surface area contributed by atoms with Crippen molar-refractivity contribution < 1.29 is 4.79 Å². The average Bonchev–Trinajstić information content (AvgIpc) is 3.31. The van der Waals surface area contributed by atoms with E-state index in [0.29, 0.717) is 40.8 Å². The Hall–Kier alpha value is -3.55. The Balaban J connectivity index is 1.81. The number of benzene rings is 1. The zero-order chi connectivity index (χ0) is 28.1. The van der Waals surface area contributed by atoms with E-state index >= 15 is 0 Å². The highest BCUT2D eigenvalue weighted by Crippen LogP contribution is 2.23. The second kappa shape index (κ2) is 12.5. The molecule has 0 bridgehead atoms. The summed E-state index contributed by atoms with van der Waals surface area (Å²) in [5.41, 5.74) is 6.64. The number of carbonyl (C=O) groups is 1. The van der Waals surface area contributed by atoms with Crippen molar-refractivity contribution in [2.45, 2.75) is 65.1 Å². The highest BCUT2D eigenvalue weighted by molar-refractivity contribution is 6.31. The maximum Gasteiger partial charge on any atom is 0.332 e. The van der Waals surface area contributed by atoms with Gasteiger partial charge in [-0.25, -0.2) is 4.79 Å². The van der Waals surface area contributed by atoms with Crippen LogP contribution in [-0.2, 0) is 20.1 Å². The van der Waals surface area contributed by atoms with E-state index in [2.05, 4.69) is 29.0 Å². The van der Waals surface area contributed by atoms with Gasteiger partial charge in [0.2, 0.25) is 5.95 Å². The molecule has 4 rings (SSSR count). The van der Waals surface area contributed by atoms with Crippen LogP contribution in [0.3, 0.4) is 0 Å². The topological polar surface area (TPSA) is 120 Å². The molecule has 1 saturated heterocycles. The molecule has 0 aliphatic carbocycles. The number of amides is 1. The van der Waals surface area contributed by atoms with Gasteiger partial charge in [-0.3, -0.25) is 23.3 Å². The Morgan fingerprint density at radius 1 is 1.26 bits per heavy atom. The minimum atomic E-state index is -0.523. The second-order valence-electron chi connectivity index (χ2n) is 9.94. The summed E-state index contributed by atoms with van der Waals surface area (Å²) in [6.07, 6.45) is 4.75. The van der Waals surface area contributed by atoms with Crippen molar-refractivity contribution in [3.8, 4) is 11.8 Å². The van der Waals surface area contributed by atoms with Crippen molar-refractivity contribution in [3.05, 3.63) is 55.2 Å². The van der Waals surface area contributed by atoms with E-state index in [4.69, 9.17) is 22.3 Å². The molecule has 0 radical (unpaired) electrons. The first-order valence-electron chi connectivity index (χ1n) is 13.4. The number of aryl methyl sites for hydroxylation is 1. The summed E-state index contributed by atoms with van der Waals surface area (Å²) < 4.78 is 4.29. The van der Waals surface area contributed by atoms with Crippen LogP contribution in [0, 0.1) is 11.8 Å². The predicted octanol–water partition coefficient (Wildman–Crippen LogP) is 2.47. The monoisotopic (exact) mass is 553 g/mol. The van der Waals surface area contributed by atoms with Crippen LogP contribution in [0.1, 0.15) is 61.9 Å². The molecule has 2 aromatic heterocycles. The molecule has 1 aliphatic rings. The molecular formula is C28H36ClN7O3. The zero-order valence-electron chi connectivity index (χ0n) is 22.8. The molecule has 3 N–H and O–H groups in total. The number of imidazole rings is 1. The molecule has 0 spiro atoms. The molecular weight excluding hydrogens is 518 g/mol. The third kappa shape index (κ3) is 6.05. The average molecular weight is 554 g/mol. The van der Waals surface area contributed by atoms with E-state index in [1.165, 1.54) is 4.57 Å². The van der Waals surface area contributed by atoms with E-state index in [1.807, 2.05) is 0 Å². The van der Waals surface area contributed by atoms with E-state index in [0.717, 1.165) is 43.2 Å². The Morgan fingerprint density at radius 2 is 2.05 bits per heavy atom. The van der Waals surface area contributed by atoms with Gasteiger partial charge in [-0.2, -0.15) is 4.98 Å². The predicted molar refractivity (Wildman–Crippen MR) is 155 cm³/mol. The summed E-state index contributed by atoms with van der Waals surface area (Å²) in [4.78, 5) is 47.2. The van der Waals surface area contributed by atoms with Gasteiger partial charge in [0.1, 0.15) is 0 Å². The highest BCUT2D eigenvalue weighted by atomic mass is 35.5. The summed E-state index contributed by atoms with van der Waals surface area (Å²) in [6, 6.07) is 4.90. The molecule has 1 aromatic carbocycles. The van der Waals surface area contributed by atoms with Crippen LogP contribution in [0.25, 0.3) is 11.2 Å². The molecule has 11 heteroatoms. The maximum absolute atomic E-state index is 13.9. The van der Waals surface area contributed by atoms with E-state index < -0.39 is 11.2 Å². The minimum Gasteiger partial charge on any atom is -0.352 e. The fraction of sp³-hybridized carbons (Fsp3) is 0.500. The molecule has 1 amide bonds. The number of fused-ring (bicyclic) bond motifs is 1. The van der Waals surface area contributed by atoms with E-state index in [1.54, 1.807) is 36.7 Å². The largest absolute Gasteiger partial charge is 0.352 e. The van der Waals surface area contributed by atoms with Crippen LogP contribution < -0.4 is 27.2 Å². The maximum atomic E-state index is 13.9. The number of carbonyl (C=O) groups excluding carboxylic acids is 1. The normalized spacial score (nSPS) is 15.3. The smallest absolute Gasteiger partial charge is 0.332 e. The number of nitrogens with zero attached hydrogens (tertiary/aromatic N) is 5. The summed E-state index contributed by atoms with van der Waals surface area (Å²) in [7, 11) is 1.60. The SMILES string of the molecule is CC#CCn1c(N2CCC[C@@H](N)C2)nc2c1c(=O)n(Cc1ccc(Cl)cc1C(=O)NCCCCC)c(=O)n2C. The fourth-order valence-electron chi connectivity index (χ4n) is 4.98. The molecule has 208 valence electrons. The number of aromatic nitrogens is 4. The van der Waals surface area contributed by atoms with Gasteiger partial charge in [0.05, 0.1) is 13.1 Å². The minimum absolute atomic E-state index is 0.00111. The number of anilines is 1. The third-order valence-corrected chi connectivity index (χ3v) is 7.31. The van der Waals surface area contributed by atoms with Gasteiger partial charge < -0.3 is 16.0 Å². The molecule has 3 aromatic rings. The lowest BCUT2D eigenvalue weighted by atomic mass is 10.1. The zero-order valence-corrected chi connectivity index (χ0v) is 23.6. The van der Waals surface area contributed by atoms with Gasteiger partial charge in [0.15, 0.2) is 11.2 Å². The lowest BCUT2D eigenvalue weighted by Gasteiger charge is -2.31. The van der Waals surface area contributed by atoms with Gasteiger partial charge in [0.25, 0.3) is 11.5 Å². The lowest BCUT2D eigenvalue weighted by Crippen LogP contribution is -2.44. The molecule has 10 nitrogen and oxygen atoms in total. The molecule has 0 unspecified atom stereocenters. The van der Waals surface area contributed by atoms with Crippen molar-refractivity contribution in [3.63, 3.8) is 0 Å². The quantitative estimate of drug-likeness (QED) is 0.310. The molecule has 0 saturated carbocycles. The van der Waals surface area contributed by atoms with Crippen molar-refractivity contribution in [2.75, 3.05) is 24.5 Å². The van der Waals surface area contributed by atoms with E-state index in [9.17, 15) is 14.4 Å². The van der Waals surface area contributed by atoms with Gasteiger partial charge >= 0.3 is 5.69 Å². The standard InChI is InChI=1S/C28H36ClN7O3/c1-4-6-8-13-31-25(37)22-16-20(29)12-11-19(22)17-36-26(38)23-24(33(3)28(36)39)32-27(35(23)15-7-5-2)34-14-9-10-21(30)18-34/h11-12,16,21H,4,6,8-10,13-15,17-18,30H2,1-3H3,(H,31,37)/t21-/m1/s1. The summed E-state index contributed by atoms with van der Waals surface area (Å²) in [6.45, 7) is 5.87. The number of piperidine rings is 1. The Labute approximate surface area is 232 Å². The molecule has 3 heterocycles. The number of halogens is 1. The summed E-state index contributed by atoms with van der Waals surface area (Å²) >= 11 is 6.22. The van der Waals surface area contributed by atoms with Crippen LogP contribution >= 0.6 is 11.6 Å². The lowest BCUT2D eigenvalue weighted by molar-refractivity contribution is 0.0952. The number of hydrogen-bond acceptors (Lipinski definition) is 6. The number of nitrogens with two attached hydrogens (primary N) is 1. The fourth-order valence-corrected chi connectivity index (χ4v) is 5.15. The van der Waals surface area contributed by atoms with Crippen LogP contribution in [0.5, 0.6) is 0 Å². The first-order chi connectivity index (χ1) is 18.8. The highest BCUT2D eigenvalue weighted by Gasteiger charge is 2.26. The molecule has 1 aliphatic heterocycles. The van der Waals surface area contributed by atoms with Crippen molar-refractivity contribution >= 4 is 34.6 Å². The summed E-state index contributed by atoms with van der Waals surface area (Å²) in [5.74, 6) is 6.20. The first kappa shape index (κ1) is 28.5. The van der Waals surface area contributed by atoms with Crippen LogP contribution in [0.15, 0.2) is 27.8 Å². The number of unbranched alkanes of at least 4 members (excludes halogenated alkanes) is 2. The Morgan fingerprint density at radius 3 is 2.77 bits per heavy atom. The third-order valence-electron chi connectivity index (χ3n) is 7.08. The van der Waals surface area contributed by atoms with Gasteiger partial charge in [-0.05, 0) is 43.9 Å². The number of nitrogens with one attached hydrogen (secondary N) is 1. The summed E-state index contributed by atoms with van der Waals surface area (Å²) in [5, 5.41) is 3.32. The Bertz CT molecular complexity index is 1540. The number of hydrogen-bond donors (Lipinski definition) is 2. The van der Waals surface area contributed by atoms with Gasteiger partial charge in [-0.15, -0.1) is 5.92 Å². The van der Waals surface area contributed by atoms with Gasteiger partial charge in [-0.1, -0.05) is 43.4 Å². The van der Waals surface area contributed by atoms with Crippen molar-refractivity contribution in [1.82, 2.24) is 24.0 Å². The first-order valence-corrected chi connectivity index (χ1v) is 13.8. The Kier molecular flexibility index (Phi) is 9.15. The van der Waals surface area contributed by atoms with Gasteiger partial charge in [0, 0.05) is 43.3 Å². The van der Waals surface area contributed by atoms with Crippen LogP contribution in [0.4, 0.5) is 5.95 Å².